The van der Waals surface area contributed by atoms with Crippen molar-refractivity contribution in [2.45, 2.75) is 18.3 Å². The number of ether oxygens (including phenoxy) is 1. The van der Waals surface area contributed by atoms with Crippen LogP contribution in [-0.2, 0) is 14.9 Å². The first-order chi connectivity index (χ1) is 9.09. The molecular formula is C12H12F2O5S. The molecule has 1 atom stereocenters. The van der Waals surface area contributed by atoms with Crippen LogP contribution in [0.1, 0.15) is 22.8 Å². The third-order valence-electron chi connectivity index (χ3n) is 2.48. The molecule has 0 bridgehead atoms. The van der Waals surface area contributed by atoms with Gasteiger partial charge in [-0.15, -0.1) is 0 Å². The molecule has 0 aliphatic carbocycles. The summed E-state index contributed by atoms with van der Waals surface area (Å²) in [5, 5.41) is -4.58. The van der Waals surface area contributed by atoms with Gasteiger partial charge in [0.1, 0.15) is 0 Å². The Kier molecular flexibility index (Phi) is 4.61. The van der Waals surface area contributed by atoms with Crippen LogP contribution in [0.25, 0.3) is 6.08 Å². The minimum Gasteiger partial charge on any atom is -0.451 e. The van der Waals surface area contributed by atoms with E-state index < -0.39 is 27.4 Å². The van der Waals surface area contributed by atoms with Crippen LogP contribution in [-0.4, -0.2) is 30.3 Å². The Morgan fingerprint density at radius 2 is 1.90 bits per heavy atom. The second-order valence-electron chi connectivity index (χ2n) is 3.91. The van der Waals surface area contributed by atoms with Gasteiger partial charge in [0.2, 0.25) is 0 Å². The van der Waals surface area contributed by atoms with Crippen LogP contribution < -0.4 is 0 Å². The Morgan fingerprint density at radius 3 is 2.30 bits per heavy atom. The van der Waals surface area contributed by atoms with Gasteiger partial charge >= 0.3 is 21.3 Å². The summed E-state index contributed by atoms with van der Waals surface area (Å²) in [6.45, 7) is 4.17. The molecule has 0 aromatic heterocycles. The SMILES string of the molecule is C=Cc1ccc(C(=O)OC(C)C(F)(F)S(=O)(=O)O)cc1. The van der Waals surface area contributed by atoms with Gasteiger partial charge in [-0.3, -0.25) is 4.55 Å². The van der Waals surface area contributed by atoms with E-state index in [1.807, 2.05) is 0 Å². The second-order valence-corrected chi connectivity index (χ2v) is 5.40. The molecular weight excluding hydrogens is 294 g/mol. The maximum Gasteiger partial charge on any atom is 0.405 e. The van der Waals surface area contributed by atoms with E-state index in [1.165, 1.54) is 30.3 Å². The van der Waals surface area contributed by atoms with Gasteiger partial charge in [0.15, 0.2) is 6.10 Å². The van der Waals surface area contributed by atoms with Gasteiger partial charge in [-0.1, -0.05) is 24.8 Å². The van der Waals surface area contributed by atoms with Crippen LogP contribution in [0.5, 0.6) is 0 Å². The number of benzene rings is 1. The van der Waals surface area contributed by atoms with Gasteiger partial charge in [-0.25, -0.2) is 4.79 Å². The summed E-state index contributed by atoms with van der Waals surface area (Å²) in [4.78, 5) is 11.6. The van der Waals surface area contributed by atoms with Crippen molar-refractivity contribution in [3.63, 3.8) is 0 Å². The monoisotopic (exact) mass is 306 g/mol. The van der Waals surface area contributed by atoms with Crippen LogP contribution in [0.2, 0.25) is 0 Å². The molecule has 0 saturated carbocycles. The molecule has 0 spiro atoms. The molecule has 1 N–H and O–H groups in total. The molecule has 0 radical (unpaired) electrons. The van der Waals surface area contributed by atoms with Crippen molar-refractivity contribution in [3.05, 3.63) is 42.0 Å². The second kappa shape index (κ2) is 5.68. The van der Waals surface area contributed by atoms with Gasteiger partial charge < -0.3 is 4.74 Å². The molecule has 1 rings (SSSR count). The van der Waals surface area contributed by atoms with Crippen LogP contribution in [0.4, 0.5) is 8.78 Å². The average Bonchev–Trinajstić information content (AvgIpc) is 2.37. The molecule has 1 unspecified atom stereocenters. The maximum atomic E-state index is 13.2. The fourth-order valence-corrected chi connectivity index (χ4v) is 1.73. The molecule has 0 fully saturated rings. The molecule has 0 aliphatic heterocycles. The highest BCUT2D eigenvalue weighted by Crippen LogP contribution is 2.27. The van der Waals surface area contributed by atoms with E-state index >= 15 is 0 Å². The summed E-state index contributed by atoms with van der Waals surface area (Å²) >= 11 is 0. The Labute approximate surface area is 114 Å². The molecule has 1 aromatic rings. The van der Waals surface area contributed by atoms with Crippen molar-refractivity contribution in [1.82, 2.24) is 0 Å². The summed E-state index contributed by atoms with van der Waals surface area (Å²) in [6, 6.07) is 5.65. The number of hydrogen-bond acceptors (Lipinski definition) is 4. The molecule has 0 heterocycles. The van der Waals surface area contributed by atoms with E-state index in [-0.39, 0.29) is 5.56 Å². The lowest BCUT2D eigenvalue weighted by Crippen LogP contribution is -2.42. The summed E-state index contributed by atoms with van der Waals surface area (Å²) < 4.78 is 60.1. The van der Waals surface area contributed by atoms with Crippen molar-refractivity contribution in [2.24, 2.45) is 0 Å². The molecule has 1 aromatic carbocycles. The first-order valence-corrected chi connectivity index (χ1v) is 6.82. The Morgan fingerprint density at radius 1 is 1.40 bits per heavy atom. The number of rotatable bonds is 5. The van der Waals surface area contributed by atoms with Gasteiger partial charge in [0.05, 0.1) is 5.56 Å². The zero-order valence-corrected chi connectivity index (χ0v) is 11.2. The fourth-order valence-electron chi connectivity index (χ4n) is 1.26. The van der Waals surface area contributed by atoms with Crippen molar-refractivity contribution in [2.75, 3.05) is 0 Å². The summed E-state index contributed by atoms with van der Waals surface area (Å²) in [6.07, 6.45) is -0.811. The van der Waals surface area contributed by atoms with Crippen molar-refractivity contribution < 1.29 is 31.3 Å². The van der Waals surface area contributed by atoms with Crippen molar-refractivity contribution in [1.29, 1.82) is 0 Å². The Bertz CT molecular complexity index is 607. The van der Waals surface area contributed by atoms with E-state index in [9.17, 15) is 22.0 Å². The predicted molar refractivity (Wildman–Crippen MR) is 67.9 cm³/mol. The maximum absolute atomic E-state index is 13.2. The lowest BCUT2D eigenvalue weighted by Gasteiger charge is -2.20. The number of alkyl halides is 2. The fraction of sp³-hybridized carbons (Fsp3) is 0.250. The number of esters is 1. The highest BCUT2D eigenvalue weighted by molar-refractivity contribution is 7.86. The number of carbonyl (C=O) groups excluding carboxylic acids is 1. The van der Waals surface area contributed by atoms with E-state index in [0.717, 1.165) is 0 Å². The Hall–Kier alpha value is -1.80. The minimum atomic E-state index is -5.66. The molecule has 0 saturated heterocycles. The van der Waals surface area contributed by atoms with Gasteiger partial charge in [0, 0.05) is 0 Å². The summed E-state index contributed by atoms with van der Waals surface area (Å²) in [7, 11) is -5.66. The van der Waals surface area contributed by atoms with Crippen LogP contribution >= 0.6 is 0 Å². The molecule has 8 heteroatoms. The molecule has 0 aliphatic rings. The van der Waals surface area contributed by atoms with Crippen LogP contribution in [0.3, 0.4) is 0 Å². The van der Waals surface area contributed by atoms with E-state index in [0.29, 0.717) is 12.5 Å². The normalized spacial score (nSPS) is 13.6. The molecule has 0 amide bonds. The number of carbonyl (C=O) groups is 1. The quantitative estimate of drug-likeness (QED) is 0.667. The lowest BCUT2D eigenvalue weighted by molar-refractivity contribution is -0.0549. The lowest BCUT2D eigenvalue weighted by atomic mass is 10.1. The zero-order chi connectivity index (χ0) is 15.6. The van der Waals surface area contributed by atoms with Crippen molar-refractivity contribution in [3.8, 4) is 0 Å². The summed E-state index contributed by atoms with van der Waals surface area (Å²) in [5.74, 6) is -1.13. The number of hydrogen-bond donors (Lipinski definition) is 1. The molecule has 20 heavy (non-hydrogen) atoms. The largest absolute Gasteiger partial charge is 0.451 e. The molecule has 110 valence electrons. The zero-order valence-electron chi connectivity index (χ0n) is 10.4. The molecule has 5 nitrogen and oxygen atoms in total. The van der Waals surface area contributed by atoms with Crippen LogP contribution in [0.15, 0.2) is 30.8 Å². The standard InChI is InChI=1S/C12H12F2O5S/c1-3-9-4-6-10(7-5-9)11(15)19-8(2)12(13,14)20(16,17)18/h3-8H,1H2,2H3,(H,16,17,18). The van der Waals surface area contributed by atoms with E-state index in [1.54, 1.807) is 0 Å². The predicted octanol–water partition coefficient (Wildman–Crippen LogP) is 2.36. The van der Waals surface area contributed by atoms with E-state index in [4.69, 9.17) is 4.55 Å². The van der Waals surface area contributed by atoms with Gasteiger partial charge in [-0.2, -0.15) is 17.2 Å². The summed E-state index contributed by atoms with van der Waals surface area (Å²) in [5.41, 5.74) is 0.673. The average molecular weight is 306 g/mol. The minimum absolute atomic E-state index is 0.0337. The first kappa shape index (κ1) is 16.3. The number of halogens is 2. The third-order valence-corrected chi connectivity index (χ3v) is 3.50. The topological polar surface area (TPSA) is 80.7 Å². The smallest absolute Gasteiger partial charge is 0.405 e. The highest BCUT2D eigenvalue weighted by Gasteiger charge is 2.52. The van der Waals surface area contributed by atoms with Crippen LogP contribution in [0, 0.1) is 0 Å². The van der Waals surface area contributed by atoms with Gasteiger partial charge in [-0.05, 0) is 24.6 Å². The first-order valence-electron chi connectivity index (χ1n) is 5.38. The van der Waals surface area contributed by atoms with Crippen molar-refractivity contribution >= 4 is 22.2 Å². The Balaban J connectivity index is 2.87. The highest BCUT2D eigenvalue weighted by atomic mass is 32.2. The van der Waals surface area contributed by atoms with Gasteiger partial charge in [0.25, 0.3) is 0 Å². The van der Waals surface area contributed by atoms with E-state index in [2.05, 4.69) is 11.3 Å². The third kappa shape index (κ3) is 3.40.